The Balaban J connectivity index is 2.81. The minimum Gasteiger partial charge on any atom is -0.618 e. The number of primary sulfonamides is 1. The maximum absolute atomic E-state index is 11.1. The molecule has 2 rings (SSSR count). The Morgan fingerprint density at radius 1 is 1.50 bits per heavy atom. The van der Waals surface area contributed by atoms with Gasteiger partial charge in [0.05, 0.1) is 6.07 Å². The second-order valence-corrected chi connectivity index (χ2v) is 4.19. The zero-order chi connectivity index (χ0) is 10.3. The van der Waals surface area contributed by atoms with Crippen molar-refractivity contribution in [2.75, 3.05) is 0 Å². The van der Waals surface area contributed by atoms with E-state index in [1.807, 2.05) is 0 Å². The fourth-order valence-electron chi connectivity index (χ4n) is 1.09. The third kappa shape index (κ3) is 1.32. The minimum atomic E-state index is -3.90. The lowest BCUT2D eigenvalue weighted by atomic mass is 10.4. The van der Waals surface area contributed by atoms with Gasteiger partial charge in [0.25, 0.3) is 15.5 Å². The summed E-state index contributed by atoms with van der Waals surface area (Å²) in [5.74, 6) is 0. The topological polar surface area (TPSA) is 100 Å². The maximum Gasteiger partial charge on any atom is 0.271 e. The number of furan rings is 1. The molecule has 7 heteroatoms. The van der Waals surface area contributed by atoms with Gasteiger partial charge in [-0.1, -0.05) is 0 Å². The summed E-state index contributed by atoms with van der Waals surface area (Å²) in [7, 11) is -3.90. The van der Waals surface area contributed by atoms with E-state index in [4.69, 9.17) is 9.56 Å². The van der Waals surface area contributed by atoms with Crippen LogP contribution in [-0.4, -0.2) is 8.42 Å². The van der Waals surface area contributed by atoms with Crippen molar-refractivity contribution in [3.8, 4) is 0 Å². The highest BCUT2D eigenvalue weighted by molar-refractivity contribution is 7.89. The number of sulfonamides is 1. The molecule has 0 aliphatic rings. The van der Waals surface area contributed by atoms with Crippen LogP contribution in [-0.2, 0) is 10.0 Å². The van der Waals surface area contributed by atoms with Gasteiger partial charge in [-0.2, -0.15) is 4.73 Å². The first kappa shape index (κ1) is 8.97. The van der Waals surface area contributed by atoms with E-state index >= 15 is 0 Å². The number of fused-ring (bicyclic) bond motifs is 1. The van der Waals surface area contributed by atoms with Gasteiger partial charge in [0, 0.05) is 6.07 Å². The predicted molar refractivity (Wildman–Crippen MR) is 46.5 cm³/mol. The lowest BCUT2D eigenvalue weighted by Crippen LogP contribution is -2.24. The van der Waals surface area contributed by atoms with Crippen molar-refractivity contribution < 1.29 is 17.6 Å². The van der Waals surface area contributed by atoms with E-state index < -0.39 is 15.1 Å². The van der Waals surface area contributed by atoms with Crippen molar-refractivity contribution >= 4 is 21.1 Å². The SMILES string of the molecule is NS(=O)(=O)c1cc2c(ccc[n+]2[O-])o1. The van der Waals surface area contributed by atoms with Crippen LogP contribution in [0.15, 0.2) is 33.9 Å². The van der Waals surface area contributed by atoms with E-state index in [9.17, 15) is 13.6 Å². The second-order valence-electron chi connectivity index (χ2n) is 2.69. The smallest absolute Gasteiger partial charge is 0.271 e. The molecule has 6 nitrogen and oxygen atoms in total. The molecule has 0 aliphatic heterocycles. The first-order chi connectivity index (χ1) is 6.48. The molecule has 0 radical (unpaired) electrons. The molecule has 74 valence electrons. The van der Waals surface area contributed by atoms with Crippen molar-refractivity contribution in [2.24, 2.45) is 5.14 Å². The quantitative estimate of drug-likeness (QED) is 0.520. The first-order valence-electron chi connectivity index (χ1n) is 3.63. The van der Waals surface area contributed by atoms with Crippen LogP contribution in [0.3, 0.4) is 0 Å². The average molecular weight is 214 g/mol. The Bertz CT molecular complexity index is 587. The number of nitrogens with zero attached hydrogens (tertiary/aromatic N) is 1. The molecule has 2 aromatic heterocycles. The summed E-state index contributed by atoms with van der Waals surface area (Å²) in [5, 5.41) is 15.6. The number of rotatable bonds is 1. The van der Waals surface area contributed by atoms with E-state index in [0.29, 0.717) is 4.73 Å². The molecule has 0 unspecified atom stereocenters. The Kier molecular flexibility index (Phi) is 1.73. The Morgan fingerprint density at radius 2 is 2.21 bits per heavy atom. The lowest BCUT2D eigenvalue weighted by Gasteiger charge is -1.92. The molecule has 2 heterocycles. The number of aromatic nitrogens is 1. The molecule has 0 atom stereocenters. The number of hydrogen-bond donors (Lipinski definition) is 1. The Hall–Kier alpha value is -1.60. The molecular weight excluding hydrogens is 208 g/mol. The van der Waals surface area contributed by atoms with Gasteiger partial charge in [-0.15, -0.1) is 0 Å². The normalized spacial score (nSPS) is 12.1. The van der Waals surface area contributed by atoms with Crippen molar-refractivity contribution in [3.05, 3.63) is 29.6 Å². The summed E-state index contributed by atoms with van der Waals surface area (Å²) >= 11 is 0. The minimum absolute atomic E-state index is 0.136. The highest BCUT2D eigenvalue weighted by Crippen LogP contribution is 2.18. The first-order valence-corrected chi connectivity index (χ1v) is 5.17. The van der Waals surface area contributed by atoms with E-state index in [0.717, 1.165) is 6.07 Å². The molecule has 0 saturated heterocycles. The van der Waals surface area contributed by atoms with E-state index in [1.54, 1.807) is 0 Å². The van der Waals surface area contributed by atoms with Crippen molar-refractivity contribution in [3.63, 3.8) is 0 Å². The molecule has 0 aromatic carbocycles. The van der Waals surface area contributed by atoms with Gasteiger partial charge >= 0.3 is 0 Å². The van der Waals surface area contributed by atoms with Gasteiger partial charge in [-0.05, 0) is 6.07 Å². The van der Waals surface area contributed by atoms with Crippen LogP contribution < -0.4 is 9.87 Å². The third-order valence-electron chi connectivity index (χ3n) is 1.70. The molecule has 0 fully saturated rings. The summed E-state index contributed by atoms with van der Waals surface area (Å²) in [6, 6.07) is 4.03. The van der Waals surface area contributed by atoms with Crippen LogP contribution in [0, 0.1) is 5.21 Å². The number of nitrogens with two attached hydrogens (primary N) is 1. The summed E-state index contributed by atoms with van der Waals surface area (Å²) in [5.41, 5.74) is 0.322. The third-order valence-corrected chi connectivity index (χ3v) is 2.47. The van der Waals surface area contributed by atoms with Crippen LogP contribution in [0.2, 0.25) is 0 Å². The molecule has 0 spiro atoms. The molecular formula is C7H6N2O4S. The zero-order valence-electron chi connectivity index (χ0n) is 6.88. The monoisotopic (exact) mass is 214 g/mol. The molecule has 0 aliphatic carbocycles. The molecule has 2 aromatic rings. The average Bonchev–Trinajstić information content (AvgIpc) is 2.48. The van der Waals surface area contributed by atoms with E-state index in [2.05, 4.69) is 0 Å². The van der Waals surface area contributed by atoms with E-state index in [-0.39, 0.29) is 11.1 Å². The maximum atomic E-state index is 11.1. The predicted octanol–water partition coefficient (Wildman–Crippen LogP) is -0.286. The summed E-state index contributed by atoms with van der Waals surface area (Å²) in [4.78, 5) is 0. The highest BCUT2D eigenvalue weighted by atomic mass is 32.2. The van der Waals surface area contributed by atoms with Gasteiger partial charge in [0.1, 0.15) is 0 Å². The van der Waals surface area contributed by atoms with Crippen LogP contribution in [0.1, 0.15) is 0 Å². The van der Waals surface area contributed by atoms with E-state index in [1.165, 1.54) is 18.3 Å². The van der Waals surface area contributed by atoms with Gasteiger partial charge in [0.15, 0.2) is 6.20 Å². The standard InChI is InChI=1S/C7H6N2O4S/c8-14(11,12)7-4-5-6(13-7)2-1-3-9(5)10/h1-4H,(H2,8,11,12). The summed E-state index contributed by atoms with van der Waals surface area (Å²) in [6.07, 6.45) is 1.24. The Morgan fingerprint density at radius 3 is 2.79 bits per heavy atom. The van der Waals surface area contributed by atoms with Crippen molar-refractivity contribution in [2.45, 2.75) is 5.09 Å². The molecule has 0 amide bonds. The van der Waals surface area contributed by atoms with Crippen LogP contribution >= 0.6 is 0 Å². The van der Waals surface area contributed by atoms with Gasteiger partial charge in [-0.25, -0.2) is 13.6 Å². The van der Waals surface area contributed by atoms with Crippen LogP contribution in [0.25, 0.3) is 11.1 Å². The molecule has 14 heavy (non-hydrogen) atoms. The summed E-state index contributed by atoms with van der Waals surface area (Å²) < 4.78 is 27.2. The fourth-order valence-corrected chi connectivity index (χ4v) is 1.58. The van der Waals surface area contributed by atoms with Gasteiger partial charge in [-0.3, -0.25) is 0 Å². The summed E-state index contributed by atoms with van der Waals surface area (Å²) in [6.45, 7) is 0. The fraction of sp³-hybridized carbons (Fsp3) is 0. The van der Waals surface area contributed by atoms with Crippen LogP contribution in [0.5, 0.6) is 0 Å². The Labute approximate surface area is 79.2 Å². The lowest BCUT2D eigenvalue weighted by molar-refractivity contribution is -0.577. The van der Waals surface area contributed by atoms with Crippen molar-refractivity contribution in [1.29, 1.82) is 0 Å². The second kappa shape index (κ2) is 2.69. The largest absolute Gasteiger partial charge is 0.618 e. The number of pyridine rings is 1. The highest BCUT2D eigenvalue weighted by Gasteiger charge is 2.18. The number of hydrogen-bond acceptors (Lipinski definition) is 4. The van der Waals surface area contributed by atoms with Gasteiger partial charge in [0.2, 0.25) is 10.7 Å². The van der Waals surface area contributed by atoms with Crippen LogP contribution in [0.4, 0.5) is 0 Å². The molecule has 2 N–H and O–H groups in total. The molecule has 0 bridgehead atoms. The molecule has 0 saturated carbocycles. The zero-order valence-corrected chi connectivity index (χ0v) is 7.69. The van der Waals surface area contributed by atoms with Gasteiger partial charge < -0.3 is 9.62 Å². The van der Waals surface area contributed by atoms with Crippen molar-refractivity contribution in [1.82, 2.24) is 0 Å².